The molecule has 84 valence electrons. The molecular weight excluding hydrogens is 192 g/mol. The Morgan fingerprint density at radius 1 is 1.60 bits per heavy atom. The smallest absolute Gasteiger partial charge is 0.224 e. The molecule has 0 radical (unpaired) electrons. The second-order valence-electron chi connectivity index (χ2n) is 3.46. The van der Waals surface area contributed by atoms with Crippen molar-refractivity contribution in [3.8, 4) is 0 Å². The van der Waals surface area contributed by atoms with Gasteiger partial charge in [0.25, 0.3) is 0 Å². The van der Waals surface area contributed by atoms with Crippen LogP contribution in [0.25, 0.3) is 0 Å². The van der Waals surface area contributed by atoms with Gasteiger partial charge in [-0.3, -0.25) is 4.79 Å². The Balaban J connectivity index is 2.34. The predicted octanol–water partition coefficient (Wildman–Crippen LogP) is 1.14. The molecule has 0 aliphatic heterocycles. The number of furan rings is 1. The Kier molecular flexibility index (Phi) is 4.90. The van der Waals surface area contributed by atoms with Crippen LogP contribution in [0, 0.1) is 5.92 Å². The van der Waals surface area contributed by atoms with Gasteiger partial charge in [-0.25, -0.2) is 0 Å². The molecule has 1 atom stereocenters. The number of hydrogen-bond acceptors (Lipinski definition) is 3. The number of rotatable bonds is 6. The number of hydrogen-bond donors (Lipinski definition) is 2. The molecular formula is C11H18N2O2. The average molecular weight is 210 g/mol. The van der Waals surface area contributed by atoms with Crippen LogP contribution in [0.3, 0.4) is 0 Å². The quantitative estimate of drug-likeness (QED) is 0.740. The lowest BCUT2D eigenvalue weighted by Crippen LogP contribution is -2.35. The van der Waals surface area contributed by atoms with E-state index in [1.165, 1.54) is 0 Å². The van der Waals surface area contributed by atoms with E-state index >= 15 is 0 Å². The molecule has 0 fully saturated rings. The number of nitrogens with one attached hydrogen (secondary N) is 2. The van der Waals surface area contributed by atoms with Crippen LogP contribution in [-0.4, -0.2) is 19.5 Å². The summed E-state index contributed by atoms with van der Waals surface area (Å²) in [6.45, 7) is 3.18. The maximum Gasteiger partial charge on any atom is 0.224 e. The first kappa shape index (κ1) is 11.8. The van der Waals surface area contributed by atoms with Gasteiger partial charge in [0, 0.05) is 6.54 Å². The molecule has 0 saturated heterocycles. The maximum atomic E-state index is 11.7. The lowest BCUT2D eigenvalue weighted by Gasteiger charge is -2.13. The topological polar surface area (TPSA) is 54.3 Å². The van der Waals surface area contributed by atoms with Crippen LogP contribution >= 0.6 is 0 Å². The Labute approximate surface area is 90.0 Å². The summed E-state index contributed by atoms with van der Waals surface area (Å²) in [6.07, 6.45) is 2.44. The van der Waals surface area contributed by atoms with E-state index in [-0.39, 0.29) is 11.8 Å². The minimum Gasteiger partial charge on any atom is -0.467 e. The molecule has 1 heterocycles. The van der Waals surface area contributed by atoms with Gasteiger partial charge < -0.3 is 15.1 Å². The van der Waals surface area contributed by atoms with Crippen LogP contribution in [-0.2, 0) is 11.3 Å². The fourth-order valence-corrected chi connectivity index (χ4v) is 1.40. The molecule has 1 aromatic rings. The van der Waals surface area contributed by atoms with Gasteiger partial charge in [-0.15, -0.1) is 0 Å². The number of carbonyl (C=O) groups is 1. The van der Waals surface area contributed by atoms with E-state index in [1.807, 2.05) is 26.1 Å². The highest BCUT2D eigenvalue weighted by molar-refractivity contribution is 5.78. The van der Waals surface area contributed by atoms with Gasteiger partial charge in [0.1, 0.15) is 5.76 Å². The summed E-state index contributed by atoms with van der Waals surface area (Å²) in [5.41, 5.74) is 0. The molecule has 4 nitrogen and oxygen atoms in total. The zero-order valence-corrected chi connectivity index (χ0v) is 9.25. The zero-order chi connectivity index (χ0) is 11.1. The van der Waals surface area contributed by atoms with Gasteiger partial charge in [-0.1, -0.05) is 6.92 Å². The summed E-state index contributed by atoms with van der Waals surface area (Å²) in [5.74, 6) is 0.885. The second-order valence-corrected chi connectivity index (χ2v) is 3.46. The van der Waals surface area contributed by atoms with Crippen molar-refractivity contribution < 1.29 is 9.21 Å². The first-order valence-corrected chi connectivity index (χ1v) is 5.22. The highest BCUT2D eigenvalue weighted by Crippen LogP contribution is 2.03. The maximum absolute atomic E-state index is 11.7. The van der Waals surface area contributed by atoms with E-state index in [0.29, 0.717) is 13.1 Å². The molecule has 1 rings (SSSR count). The van der Waals surface area contributed by atoms with Crippen LogP contribution in [0.15, 0.2) is 22.8 Å². The van der Waals surface area contributed by atoms with Crippen LogP contribution < -0.4 is 10.6 Å². The summed E-state index contributed by atoms with van der Waals surface area (Å²) in [5, 5.41) is 5.86. The van der Waals surface area contributed by atoms with Crippen LogP contribution in [0.5, 0.6) is 0 Å². The van der Waals surface area contributed by atoms with Gasteiger partial charge in [0.15, 0.2) is 0 Å². The van der Waals surface area contributed by atoms with Crippen molar-refractivity contribution in [2.45, 2.75) is 19.9 Å². The molecule has 0 aromatic carbocycles. The summed E-state index contributed by atoms with van der Waals surface area (Å²) >= 11 is 0. The van der Waals surface area contributed by atoms with Crippen molar-refractivity contribution in [2.24, 2.45) is 5.92 Å². The minimum absolute atomic E-state index is 0.0324. The second kappa shape index (κ2) is 6.24. The summed E-state index contributed by atoms with van der Waals surface area (Å²) < 4.78 is 5.13. The monoisotopic (exact) mass is 210 g/mol. The zero-order valence-electron chi connectivity index (χ0n) is 9.25. The molecule has 1 amide bonds. The van der Waals surface area contributed by atoms with E-state index < -0.39 is 0 Å². The van der Waals surface area contributed by atoms with Gasteiger partial charge in [0.2, 0.25) is 5.91 Å². The third kappa shape index (κ3) is 3.75. The first-order chi connectivity index (χ1) is 7.27. The Bertz CT molecular complexity index is 283. The third-order valence-electron chi connectivity index (χ3n) is 2.33. The molecule has 4 heteroatoms. The van der Waals surface area contributed by atoms with Gasteiger partial charge in [-0.05, 0) is 25.6 Å². The average Bonchev–Trinajstić information content (AvgIpc) is 2.75. The fraction of sp³-hybridized carbons (Fsp3) is 0.545. The van der Waals surface area contributed by atoms with Crippen molar-refractivity contribution >= 4 is 5.91 Å². The number of amides is 1. The Morgan fingerprint density at radius 3 is 2.93 bits per heavy atom. The van der Waals surface area contributed by atoms with E-state index in [0.717, 1.165) is 12.2 Å². The molecule has 2 N–H and O–H groups in total. The minimum atomic E-state index is 0.0324. The molecule has 0 spiro atoms. The first-order valence-electron chi connectivity index (χ1n) is 5.22. The largest absolute Gasteiger partial charge is 0.467 e. The summed E-state index contributed by atoms with van der Waals surface area (Å²) in [4.78, 5) is 11.7. The third-order valence-corrected chi connectivity index (χ3v) is 2.33. The van der Waals surface area contributed by atoms with Gasteiger partial charge >= 0.3 is 0 Å². The summed E-state index contributed by atoms with van der Waals surface area (Å²) in [6, 6.07) is 3.66. The van der Waals surface area contributed by atoms with Crippen LogP contribution in [0.2, 0.25) is 0 Å². The van der Waals surface area contributed by atoms with Crippen molar-refractivity contribution in [2.75, 3.05) is 13.6 Å². The molecule has 1 unspecified atom stereocenters. The number of carbonyl (C=O) groups excluding carboxylic acids is 1. The van der Waals surface area contributed by atoms with Crippen molar-refractivity contribution in [3.63, 3.8) is 0 Å². The van der Waals surface area contributed by atoms with E-state index in [1.54, 1.807) is 6.26 Å². The fourth-order valence-electron chi connectivity index (χ4n) is 1.40. The molecule has 1 aromatic heterocycles. The van der Waals surface area contributed by atoms with Gasteiger partial charge in [-0.2, -0.15) is 0 Å². The SMILES string of the molecule is CCC(CNC)C(=O)NCc1ccco1. The normalized spacial score (nSPS) is 12.4. The molecule has 0 aliphatic carbocycles. The van der Waals surface area contributed by atoms with Gasteiger partial charge in [0.05, 0.1) is 18.7 Å². The lowest BCUT2D eigenvalue weighted by atomic mass is 10.1. The Hall–Kier alpha value is -1.29. The molecule has 0 aliphatic rings. The van der Waals surface area contributed by atoms with E-state index in [2.05, 4.69) is 10.6 Å². The molecule has 15 heavy (non-hydrogen) atoms. The Morgan fingerprint density at radius 2 is 2.40 bits per heavy atom. The van der Waals surface area contributed by atoms with Crippen molar-refractivity contribution in [1.29, 1.82) is 0 Å². The standard InChI is InChI=1S/C11H18N2O2/c1-3-9(7-12-2)11(14)13-8-10-5-4-6-15-10/h4-6,9,12H,3,7-8H2,1-2H3,(H,13,14). The van der Waals surface area contributed by atoms with Crippen LogP contribution in [0.4, 0.5) is 0 Å². The lowest BCUT2D eigenvalue weighted by molar-refractivity contribution is -0.125. The van der Waals surface area contributed by atoms with Crippen LogP contribution in [0.1, 0.15) is 19.1 Å². The van der Waals surface area contributed by atoms with Crippen molar-refractivity contribution in [3.05, 3.63) is 24.2 Å². The van der Waals surface area contributed by atoms with Crippen molar-refractivity contribution in [1.82, 2.24) is 10.6 Å². The highest BCUT2D eigenvalue weighted by Gasteiger charge is 2.14. The van der Waals surface area contributed by atoms with E-state index in [4.69, 9.17) is 4.42 Å². The highest BCUT2D eigenvalue weighted by atomic mass is 16.3. The van der Waals surface area contributed by atoms with E-state index in [9.17, 15) is 4.79 Å². The predicted molar refractivity (Wildman–Crippen MR) is 58.3 cm³/mol. The molecule has 0 bridgehead atoms. The summed E-state index contributed by atoms with van der Waals surface area (Å²) in [7, 11) is 1.85. The molecule has 0 saturated carbocycles.